The first-order valence-electron chi connectivity index (χ1n) is 8.11. The van der Waals surface area contributed by atoms with Crippen LogP contribution in [0.5, 0.6) is 11.5 Å². The molecule has 0 aliphatic heterocycles. The van der Waals surface area contributed by atoms with Crippen LogP contribution in [0.25, 0.3) is 0 Å². The van der Waals surface area contributed by atoms with E-state index in [0.717, 1.165) is 24.3 Å². The van der Waals surface area contributed by atoms with Crippen LogP contribution in [-0.4, -0.2) is 19.1 Å². The number of nitrogens with one attached hydrogen (secondary N) is 1. The van der Waals surface area contributed by atoms with Gasteiger partial charge in [-0.15, -0.1) is 0 Å². The zero-order chi connectivity index (χ0) is 17.2. The number of carbonyl (C=O) groups excluding carboxylic acids is 1. The molecular weight excluding hydrogens is 302 g/mol. The Bertz CT molecular complexity index is 648. The molecule has 0 unspecified atom stereocenters. The van der Waals surface area contributed by atoms with Gasteiger partial charge in [0.1, 0.15) is 18.1 Å². The summed E-state index contributed by atoms with van der Waals surface area (Å²) >= 11 is 0. The summed E-state index contributed by atoms with van der Waals surface area (Å²) in [5, 5.41) is 2.86. The summed E-state index contributed by atoms with van der Waals surface area (Å²) in [5.74, 6) is 1.36. The molecule has 1 N–H and O–H groups in total. The lowest BCUT2D eigenvalue weighted by Gasteiger charge is -2.09. The minimum absolute atomic E-state index is 0.162. The van der Waals surface area contributed by atoms with Gasteiger partial charge in [-0.25, -0.2) is 0 Å². The molecule has 0 fully saturated rings. The molecule has 4 nitrogen and oxygen atoms in total. The van der Waals surface area contributed by atoms with Gasteiger partial charge in [0.15, 0.2) is 0 Å². The Kier molecular flexibility index (Phi) is 6.90. The van der Waals surface area contributed by atoms with Crippen molar-refractivity contribution in [3.05, 3.63) is 66.7 Å². The van der Waals surface area contributed by atoms with Crippen molar-refractivity contribution in [3.63, 3.8) is 0 Å². The molecule has 2 aromatic carbocycles. The second-order valence-electron chi connectivity index (χ2n) is 5.30. The Labute approximate surface area is 143 Å². The lowest BCUT2D eigenvalue weighted by Crippen LogP contribution is -2.11. The molecule has 0 heterocycles. The van der Waals surface area contributed by atoms with Crippen molar-refractivity contribution in [1.82, 2.24) is 0 Å². The highest BCUT2D eigenvalue weighted by atomic mass is 16.5. The molecule has 2 rings (SSSR count). The monoisotopic (exact) mass is 325 g/mol. The standard InChI is InChI=1S/C20H23NO3/c1-3-5-15-24-19-12-8-17(9-13-19)21-20(22)16-6-10-18(11-7-16)23-14-4-2/h4,6-13H,2-3,5,14-15H2,1H3,(H,21,22). The molecule has 0 aliphatic rings. The fourth-order valence-electron chi connectivity index (χ4n) is 2.03. The van der Waals surface area contributed by atoms with Crippen LogP contribution in [0.15, 0.2) is 61.2 Å². The van der Waals surface area contributed by atoms with E-state index in [9.17, 15) is 4.79 Å². The van der Waals surface area contributed by atoms with Crippen molar-refractivity contribution in [2.45, 2.75) is 19.8 Å². The Balaban J connectivity index is 1.90. The van der Waals surface area contributed by atoms with E-state index < -0.39 is 0 Å². The quantitative estimate of drug-likeness (QED) is 0.538. The number of benzene rings is 2. The lowest BCUT2D eigenvalue weighted by atomic mass is 10.2. The minimum atomic E-state index is -0.162. The highest BCUT2D eigenvalue weighted by molar-refractivity contribution is 6.04. The fourth-order valence-corrected chi connectivity index (χ4v) is 2.03. The molecule has 0 aromatic heterocycles. The van der Waals surface area contributed by atoms with Crippen molar-refractivity contribution >= 4 is 11.6 Å². The number of carbonyl (C=O) groups is 1. The normalized spacial score (nSPS) is 10.0. The Morgan fingerprint density at radius 1 is 1.04 bits per heavy atom. The summed E-state index contributed by atoms with van der Waals surface area (Å²) in [6.45, 7) is 6.88. The molecule has 0 atom stereocenters. The number of anilines is 1. The van der Waals surface area contributed by atoms with Crippen LogP contribution < -0.4 is 14.8 Å². The molecule has 0 saturated heterocycles. The van der Waals surface area contributed by atoms with Gasteiger partial charge in [0.2, 0.25) is 0 Å². The molecule has 24 heavy (non-hydrogen) atoms. The third-order valence-electron chi connectivity index (χ3n) is 3.36. The zero-order valence-corrected chi connectivity index (χ0v) is 14.0. The number of ether oxygens (including phenoxy) is 2. The molecule has 0 aliphatic carbocycles. The van der Waals surface area contributed by atoms with Crippen LogP contribution in [0.3, 0.4) is 0 Å². The molecule has 0 spiro atoms. The Morgan fingerprint density at radius 3 is 2.29 bits per heavy atom. The number of rotatable bonds is 9. The second-order valence-corrected chi connectivity index (χ2v) is 5.30. The zero-order valence-electron chi connectivity index (χ0n) is 14.0. The lowest BCUT2D eigenvalue weighted by molar-refractivity contribution is 0.102. The third-order valence-corrected chi connectivity index (χ3v) is 3.36. The second kappa shape index (κ2) is 9.40. The van der Waals surface area contributed by atoms with Gasteiger partial charge in [-0.3, -0.25) is 4.79 Å². The van der Waals surface area contributed by atoms with Crippen LogP contribution >= 0.6 is 0 Å². The van der Waals surface area contributed by atoms with Gasteiger partial charge < -0.3 is 14.8 Å². The number of hydrogen-bond acceptors (Lipinski definition) is 3. The van der Waals surface area contributed by atoms with Gasteiger partial charge in [-0.2, -0.15) is 0 Å². The first-order chi connectivity index (χ1) is 11.7. The van der Waals surface area contributed by atoms with Crippen LogP contribution in [0, 0.1) is 0 Å². The maximum Gasteiger partial charge on any atom is 0.255 e. The summed E-state index contributed by atoms with van der Waals surface area (Å²) in [4.78, 5) is 12.2. The highest BCUT2D eigenvalue weighted by Crippen LogP contribution is 2.18. The molecule has 4 heteroatoms. The molecule has 0 bridgehead atoms. The minimum Gasteiger partial charge on any atom is -0.494 e. The molecule has 0 saturated carbocycles. The van der Waals surface area contributed by atoms with Crippen LogP contribution in [0.1, 0.15) is 30.1 Å². The van der Waals surface area contributed by atoms with E-state index in [0.29, 0.717) is 24.5 Å². The Morgan fingerprint density at radius 2 is 1.67 bits per heavy atom. The van der Waals surface area contributed by atoms with E-state index in [1.54, 1.807) is 30.3 Å². The number of unbranched alkanes of at least 4 members (excludes halogenated alkanes) is 1. The van der Waals surface area contributed by atoms with Crippen molar-refractivity contribution in [2.24, 2.45) is 0 Å². The summed E-state index contributed by atoms with van der Waals surface area (Å²) in [7, 11) is 0. The summed E-state index contributed by atoms with van der Waals surface area (Å²) in [6, 6.07) is 14.4. The SMILES string of the molecule is C=CCOc1ccc(C(=O)Nc2ccc(OCCCC)cc2)cc1. The number of hydrogen-bond donors (Lipinski definition) is 1. The Hall–Kier alpha value is -2.75. The maximum absolute atomic E-state index is 12.2. The van der Waals surface area contributed by atoms with E-state index in [4.69, 9.17) is 9.47 Å². The van der Waals surface area contributed by atoms with E-state index in [1.165, 1.54) is 0 Å². The van der Waals surface area contributed by atoms with Crippen LogP contribution in [-0.2, 0) is 0 Å². The van der Waals surface area contributed by atoms with Crippen molar-refractivity contribution in [1.29, 1.82) is 0 Å². The van der Waals surface area contributed by atoms with Gasteiger partial charge in [0.05, 0.1) is 6.61 Å². The van der Waals surface area contributed by atoms with Gasteiger partial charge in [0, 0.05) is 11.3 Å². The smallest absolute Gasteiger partial charge is 0.255 e. The predicted octanol–water partition coefficient (Wildman–Crippen LogP) is 4.68. The summed E-state index contributed by atoms with van der Waals surface area (Å²) in [5.41, 5.74) is 1.30. The number of amides is 1. The van der Waals surface area contributed by atoms with Crippen LogP contribution in [0.4, 0.5) is 5.69 Å². The van der Waals surface area contributed by atoms with Gasteiger partial charge >= 0.3 is 0 Å². The van der Waals surface area contributed by atoms with E-state index >= 15 is 0 Å². The van der Waals surface area contributed by atoms with Gasteiger partial charge in [-0.05, 0) is 55.0 Å². The van der Waals surface area contributed by atoms with Crippen molar-refractivity contribution in [3.8, 4) is 11.5 Å². The highest BCUT2D eigenvalue weighted by Gasteiger charge is 2.06. The molecule has 2 aromatic rings. The third kappa shape index (κ3) is 5.47. The average molecular weight is 325 g/mol. The summed E-state index contributed by atoms with van der Waals surface area (Å²) in [6.07, 6.45) is 3.81. The van der Waals surface area contributed by atoms with E-state index in [1.807, 2.05) is 24.3 Å². The average Bonchev–Trinajstić information content (AvgIpc) is 2.62. The van der Waals surface area contributed by atoms with E-state index in [2.05, 4.69) is 18.8 Å². The maximum atomic E-state index is 12.2. The van der Waals surface area contributed by atoms with E-state index in [-0.39, 0.29) is 5.91 Å². The predicted molar refractivity (Wildman–Crippen MR) is 96.9 cm³/mol. The van der Waals surface area contributed by atoms with Gasteiger partial charge in [-0.1, -0.05) is 26.0 Å². The summed E-state index contributed by atoms with van der Waals surface area (Å²) < 4.78 is 11.0. The largest absolute Gasteiger partial charge is 0.494 e. The topological polar surface area (TPSA) is 47.6 Å². The van der Waals surface area contributed by atoms with Crippen molar-refractivity contribution < 1.29 is 14.3 Å². The molecular formula is C20H23NO3. The first-order valence-corrected chi connectivity index (χ1v) is 8.11. The van der Waals surface area contributed by atoms with Crippen LogP contribution in [0.2, 0.25) is 0 Å². The molecule has 1 amide bonds. The van der Waals surface area contributed by atoms with Crippen molar-refractivity contribution in [2.75, 3.05) is 18.5 Å². The molecule has 0 radical (unpaired) electrons. The molecule has 126 valence electrons. The fraction of sp³-hybridized carbons (Fsp3) is 0.250. The first kappa shape index (κ1) is 17.6. The van der Waals surface area contributed by atoms with Gasteiger partial charge in [0.25, 0.3) is 5.91 Å².